The molecule has 0 aliphatic rings. The minimum atomic E-state index is -3.49. The molecule has 0 spiro atoms. The van der Waals surface area contributed by atoms with Crippen LogP contribution >= 0.6 is 0 Å². The van der Waals surface area contributed by atoms with Gasteiger partial charge in [0.1, 0.15) is 0 Å². The topological polar surface area (TPSA) is 92.7 Å². The molecule has 0 saturated carbocycles. The van der Waals surface area contributed by atoms with Gasteiger partial charge in [0, 0.05) is 26.2 Å². The largest absolute Gasteiger partial charge is 0.481 e. The highest BCUT2D eigenvalue weighted by Gasteiger charge is 2.21. The van der Waals surface area contributed by atoms with Gasteiger partial charge in [0.25, 0.3) is 0 Å². The van der Waals surface area contributed by atoms with Crippen LogP contribution in [0.15, 0.2) is 30.3 Å². The van der Waals surface area contributed by atoms with Crippen molar-refractivity contribution < 1.29 is 23.1 Å². The van der Waals surface area contributed by atoms with Gasteiger partial charge in [0.15, 0.2) is 0 Å². The minimum Gasteiger partial charge on any atom is -0.481 e. The lowest BCUT2D eigenvalue weighted by Crippen LogP contribution is -2.39. The van der Waals surface area contributed by atoms with Gasteiger partial charge < -0.3 is 9.84 Å². The number of methoxy groups -OCH3 is 1. The zero-order chi connectivity index (χ0) is 17.3. The zero-order valence-electron chi connectivity index (χ0n) is 13.6. The molecule has 2 atom stereocenters. The quantitative estimate of drug-likeness (QED) is 0.637. The van der Waals surface area contributed by atoms with Crippen LogP contribution in [0, 0.1) is 5.92 Å². The number of carboxylic acid groups (broad SMARTS) is 1. The first kappa shape index (κ1) is 19.6. The molecule has 2 N–H and O–H groups in total. The van der Waals surface area contributed by atoms with E-state index >= 15 is 0 Å². The van der Waals surface area contributed by atoms with Crippen LogP contribution in [0.5, 0.6) is 0 Å². The summed E-state index contributed by atoms with van der Waals surface area (Å²) < 4.78 is 32.1. The Morgan fingerprint density at radius 1 is 1.30 bits per heavy atom. The Kier molecular flexibility index (Phi) is 8.22. The number of ether oxygens (including phenoxy) is 1. The molecule has 0 radical (unpaired) electrons. The highest BCUT2D eigenvalue weighted by atomic mass is 32.2. The SMILES string of the molecule is COCC(C)CS(=O)(=O)NC(CCC(=O)O)Cc1ccccc1. The van der Waals surface area contributed by atoms with Crippen LogP contribution in [-0.2, 0) is 26.0 Å². The van der Waals surface area contributed by atoms with E-state index in [-0.39, 0.29) is 24.5 Å². The second-order valence-corrected chi connectivity index (χ2v) is 7.58. The Hall–Kier alpha value is -1.44. The third-order valence-corrected chi connectivity index (χ3v) is 5.03. The van der Waals surface area contributed by atoms with Gasteiger partial charge in [-0.3, -0.25) is 4.79 Å². The van der Waals surface area contributed by atoms with E-state index < -0.39 is 22.0 Å². The molecule has 130 valence electrons. The normalized spacial score (nSPS) is 14.3. The van der Waals surface area contributed by atoms with Gasteiger partial charge in [-0.15, -0.1) is 0 Å². The smallest absolute Gasteiger partial charge is 0.303 e. The van der Waals surface area contributed by atoms with Crippen LogP contribution in [0.25, 0.3) is 0 Å². The summed E-state index contributed by atoms with van der Waals surface area (Å²) in [6, 6.07) is 8.99. The van der Waals surface area contributed by atoms with Crippen LogP contribution < -0.4 is 4.72 Å². The van der Waals surface area contributed by atoms with Crippen molar-refractivity contribution in [3.05, 3.63) is 35.9 Å². The maximum absolute atomic E-state index is 12.2. The molecule has 0 fully saturated rings. The lowest BCUT2D eigenvalue weighted by atomic mass is 10.0. The maximum atomic E-state index is 12.2. The second-order valence-electron chi connectivity index (χ2n) is 5.78. The highest BCUT2D eigenvalue weighted by Crippen LogP contribution is 2.10. The fraction of sp³-hybridized carbons (Fsp3) is 0.562. The molecular weight excluding hydrogens is 318 g/mol. The van der Waals surface area contributed by atoms with E-state index in [1.807, 2.05) is 30.3 Å². The molecule has 0 amide bonds. The molecule has 0 heterocycles. The van der Waals surface area contributed by atoms with Gasteiger partial charge in [-0.1, -0.05) is 37.3 Å². The zero-order valence-corrected chi connectivity index (χ0v) is 14.4. The lowest BCUT2D eigenvalue weighted by Gasteiger charge is -2.20. The van der Waals surface area contributed by atoms with Crippen LogP contribution in [0.3, 0.4) is 0 Å². The highest BCUT2D eigenvalue weighted by molar-refractivity contribution is 7.89. The molecule has 0 aliphatic carbocycles. The van der Waals surface area contributed by atoms with E-state index in [2.05, 4.69) is 4.72 Å². The number of aliphatic carboxylic acids is 1. The summed E-state index contributed by atoms with van der Waals surface area (Å²) in [6.45, 7) is 2.16. The van der Waals surface area contributed by atoms with Crippen molar-refractivity contribution >= 4 is 16.0 Å². The van der Waals surface area contributed by atoms with Crippen LogP contribution in [-0.4, -0.2) is 45.0 Å². The monoisotopic (exact) mass is 343 g/mol. The summed E-state index contributed by atoms with van der Waals surface area (Å²) in [5.74, 6) is -1.11. The first-order chi connectivity index (χ1) is 10.8. The van der Waals surface area contributed by atoms with Gasteiger partial charge in [0.05, 0.1) is 5.75 Å². The van der Waals surface area contributed by atoms with Crippen molar-refractivity contribution in [1.82, 2.24) is 4.72 Å². The third kappa shape index (κ3) is 8.68. The van der Waals surface area contributed by atoms with Crippen molar-refractivity contribution in [2.24, 2.45) is 5.92 Å². The first-order valence-electron chi connectivity index (χ1n) is 7.57. The van der Waals surface area contributed by atoms with Crippen molar-refractivity contribution in [2.75, 3.05) is 19.5 Å². The summed E-state index contributed by atoms with van der Waals surface area (Å²) >= 11 is 0. The Balaban J connectivity index is 2.72. The fourth-order valence-corrected chi connectivity index (χ4v) is 4.06. The van der Waals surface area contributed by atoms with Crippen molar-refractivity contribution in [3.63, 3.8) is 0 Å². The van der Waals surface area contributed by atoms with E-state index in [0.717, 1.165) is 5.56 Å². The van der Waals surface area contributed by atoms with Gasteiger partial charge in [-0.2, -0.15) is 0 Å². The Morgan fingerprint density at radius 3 is 2.52 bits per heavy atom. The predicted molar refractivity (Wildman–Crippen MR) is 88.8 cm³/mol. The van der Waals surface area contributed by atoms with Gasteiger partial charge >= 0.3 is 5.97 Å². The maximum Gasteiger partial charge on any atom is 0.303 e. The first-order valence-corrected chi connectivity index (χ1v) is 9.22. The number of rotatable bonds is 11. The summed E-state index contributed by atoms with van der Waals surface area (Å²) in [5, 5.41) is 8.85. The van der Waals surface area contributed by atoms with Gasteiger partial charge in [-0.05, 0) is 24.3 Å². The van der Waals surface area contributed by atoms with Crippen molar-refractivity contribution in [2.45, 2.75) is 32.2 Å². The molecule has 0 bridgehead atoms. The van der Waals surface area contributed by atoms with E-state index in [9.17, 15) is 13.2 Å². The number of nitrogens with one attached hydrogen (secondary N) is 1. The lowest BCUT2D eigenvalue weighted by molar-refractivity contribution is -0.137. The number of benzene rings is 1. The van der Waals surface area contributed by atoms with Gasteiger partial charge in [0.2, 0.25) is 10.0 Å². The number of hydrogen-bond acceptors (Lipinski definition) is 4. The number of carbonyl (C=O) groups is 1. The summed E-state index contributed by atoms with van der Waals surface area (Å²) in [6.07, 6.45) is 0.641. The van der Waals surface area contributed by atoms with E-state index in [4.69, 9.17) is 9.84 Å². The third-order valence-electron chi connectivity index (χ3n) is 3.33. The van der Waals surface area contributed by atoms with Crippen molar-refractivity contribution in [3.8, 4) is 0 Å². The Labute approximate surface area is 137 Å². The average Bonchev–Trinajstić information content (AvgIpc) is 2.45. The molecule has 1 aromatic carbocycles. The summed E-state index contributed by atoms with van der Waals surface area (Å²) in [5.41, 5.74) is 0.968. The Bertz CT molecular complexity index is 573. The van der Waals surface area contributed by atoms with Crippen LogP contribution in [0.1, 0.15) is 25.3 Å². The van der Waals surface area contributed by atoms with Crippen molar-refractivity contribution in [1.29, 1.82) is 0 Å². The summed E-state index contributed by atoms with van der Waals surface area (Å²) in [4.78, 5) is 10.8. The molecule has 0 aromatic heterocycles. The molecule has 23 heavy (non-hydrogen) atoms. The van der Waals surface area contributed by atoms with E-state index in [1.165, 1.54) is 7.11 Å². The summed E-state index contributed by atoms with van der Waals surface area (Å²) in [7, 11) is -1.96. The van der Waals surface area contributed by atoms with Gasteiger partial charge in [-0.25, -0.2) is 13.1 Å². The molecule has 0 aliphatic heterocycles. The molecule has 6 nitrogen and oxygen atoms in total. The second kappa shape index (κ2) is 9.64. The molecule has 1 rings (SSSR count). The number of sulfonamides is 1. The van der Waals surface area contributed by atoms with E-state index in [0.29, 0.717) is 13.0 Å². The molecule has 7 heteroatoms. The van der Waals surface area contributed by atoms with Crippen LogP contribution in [0.2, 0.25) is 0 Å². The molecular formula is C16H25NO5S. The minimum absolute atomic E-state index is 0.0425. The number of carboxylic acids is 1. The molecule has 1 aromatic rings. The average molecular weight is 343 g/mol. The molecule has 2 unspecified atom stereocenters. The van der Waals surface area contributed by atoms with Crippen LogP contribution in [0.4, 0.5) is 0 Å². The molecule has 0 saturated heterocycles. The Morgan fingerprint density at radius 2 is 1.96 bits per heavy atom. The standard InChI is InChI=1S/C16H25NO5S/c1-13(11-22-2)12-23(20,21)17-15(8-9-16(18)19)10-14-6-4-3-5-7-14/h3-7,13,15,17H,8-12H2,1-2H3,(H,18,19). The van der Waals surface area contributed by atoms with E-state index in [1.54, 1.807) is 6.92 Å². The number of hydrogen-bond donors (Lipinski definition) is 2. The fourth-order valence-electron chi connectivity index (χ4n) is 2.41. The predicted octanol–water partition coefficient (Wildman–Crippen LogP) is 1.66.